The number of carbonyl (C=O) groups is 1. The SMILES string of the molecule is COC(C)CS(=O)(=O)c1ccc(C(=O)O)c(Cl)c1. The van der Waals surface area contributed by atoms with Crippen molar-refractivity contribution in [2.75, 3.05) is 12.9 Å². The van der Waals surface area contributed by atoms with Crippen molar-refractivity contribution in [3.8, 4) is 0 Å². The van der Waals surface area contributed by atoms with Crippen LogP contribution in [0, 0.1) is 0 Å². The van der Waals surface area contributed by atoms with Crippen molar-refractivity contribution in [3.05, 3.63) is 28.8 Å². The summed E-state index contributed by atoms with van der Waals surface area (Å²) >= 11 is 5.72. The van der Waals surface area contributed by atoms with E-state index in [-0.39, 0.29) is 21.2 Å². The Labute approximate surface area is 110 Å². The van der Waals surface area contributed by atoms with Crippen molar-refractivity contribution in [3.63, 3.8) is 0 Å². The monoisotopic (exact) mass is 292 g/mol. The predicted molar refractivity (Wildman–Crippen MR) is 66.9 cm³/mol. The highest BCUT2D eigenvalue weighted by Crippen LogP contribution is 2.22. The van der Waals surface area contributed by atoms with Crippen LogP contribution in [0.15, 0.2) is 23.1 Å². The van der Waals surface area contributed by atoms with E-state index in [1.807, 2.05) is 0 Å². The van der Waals surface area contributed by atoms with Gasteiger partial charge in [-0.15, -0.1) is 0 Å². The summed E-state index contributed by atoms with van der Waals surface area (Å²) in [4.78, 5) is 10.7. The van der Waals surface area contributed by atoms with E-state index in [2.05, 4.69) is 0 Å². The molecule has 0 aliphatic heterocycles. The summed E-state index contributed by atoms with van der Waals surface area (Å²) in [6.07, 6.45) is -0.451. The first-order chi connectivity index (χ1) is 8.27. The molecule has 1 rings (SSSR count). The van der Waals surface area contributed by atoms with E-state index in [4.69, 9.17) is 21.4 Å². The minimum atomic E-state index is -3.54. The van der Waals surface area contributed by atoms with Gasteiger partial charge >= 0.3 is 5.97 Å². The zero-order valence-corrected chi connectivity index (χ0v) is 11.5. The molecule has 0 aromatic heterocycles. The van der Waals surface area contributed by atoms with Crippen LogP contribution in [0.25, 0.3) is 0 Å². The second-order valence-electron chi connectivity index (χ2n) is 3.77. The molecule has 1 unspecified atom stereocenters. The van der Waals surface area contributed by atoms with E-state index in [0.29, 0.717) is 0 Å². The molecule has 7 heteroatoms. The molecule has 0 fully saturated rings. The first-order valence-corrected chi connectivity index (χ1v) is 7.09. The van der Waals surface area contributed by atoms with Crippen LogP contribution in [-0.2, 0) is 14.6 Å². The Kier molecular flexibility index (Phi) is 4.72. The van der Waals surface area contributed by atoms with Gasteiger partial charge < -0.3 is 9.84 Å². The van der Waals surface area contributed by atoms with E-state index in [9.17, 15) is 13.2 Å². The third kappa shape index (κ3) is 3.44. The van der Waals surface area contributed by atoms with E-state index < -0.39 is 21.9 Å². The van der Waals surface area contributed by atoms with Crippen LogP contribution in [0.2, 0.25) is 5.02 Å². The Morgan fingerprint density at radius 1 is 1.50 bits per heavy atom. The number of halogens is 1. The molecule has 1 N–H and O–H groups in total. The molecule has 0 heterocycles. The molecule has 1 aromatic rings. The van der Waals surface area contributed by atoms with Crippen molar-refractivity contribution in [1.82, 2.24) is 0 Å². The molecule has 5 nitrogen and oxygen atoms in total. The normalized spacial score (nSPS) is 13.3. The van der Waals surface area contributed by atoms with Gasteiger partial charge in [0.15, 0.2) is 9.84 Å². The number of aromatic carboxylic acids is 1. The van der Waals surface area contributed by atoms with Crippen molar-refractivity contribution in [1.29, 1.82) is 0 Å². The third-order valence-electron chi connectivity index (χ3n) is 2.39. The highest BCUT2D eigenvalue weighted by Gasteiger charge is 2.20. The lowest BCUT2D eigenvalue weighted by atomic mass is 10.2. The lowest BCUT2D eigenvalue weighted by Crippen LogP contribution is -2.20. The van der Waals surface area contributed by atoms with Gasteiger partial charge in [0.2, 0.25) is 0 Å². The molecule has 0 aliphatic carbocycles. The van der Waals surface area contributed by atoms with Crippen LogP contribution in [0.1, 0.15) is 17.3 Å². The third-order valence-corrected chi connectivity index (χ3v) is 4.58. The average molecular weight is 293 g/mol. The van der Waals surface area contributed by atoms with Crippen molar-refractivity contribution in [2.45, 2.75) is 17.9 Å². The van der Waals surface area contributed by atoms with Crippen molar-refractivity contribution in [2.24, 2.45) is 0 Å². The largest absolute Gasteiger partial charge is 0.478 e. The van der Waals surface area contributed by atoms with Gasteiger partial charge in [-0.2, -0.15) is 0 Å². The van der Waals surface area contributed by atoms with Gasteiger partial charge in [0, 0.05) is 7.11 Å². The lowest BCUT2D eigenvalue weighted by molar-refractivity contribution is 0.0697. The topological polar surface area (TPSA) is 80.7 Å². The van der Waals surface area contributed by atoms with E-state index in [0.717, 1.165) is 6.07 Å². The van der Waals surface area contributed by atoms with E-state index in [1.165, 1.54) is 19.2 Å². The van der Waals surface area contributed by atoms with Gasteiger partial charge in [0.25, 0.3) is 0 Å². The number of ether oxygens (including phenoxy) is 1. The van der Waals surface area contributed by atoms with Crippen LogP contribution in [0.3, 0.4) is 0 Å². The number of methoxy groups -OCH3 is 1. The van der Waals surface area contributed by atoms with Gasteiger partial charge in [-0.05, 0) is 25.1 Å². The average Bonchev–Trinajstić information content (AvgIpc) is 2.27. The second-order valence-corrected chi connectivity index (χ2v) is 6.22. The maximum absolute atomic E-state index is 11.9. The number of hydrogen-bond acceptors (Lipinski definition) is 4. The smallest absolute Gasteiger partial charge is 0.337 e. The molecule has 0 radical (unpaired) electrons. The first kappa shape index (κ1) is 14.9. The molecule has 18 heavy (non-hydrogen) atoms. The standard InChI is InChI=1S/C11H13ClO5S/c1-7(17-2)6-18(15,16)8-3-4-9(11(13)14)10(12)5-8/h3-5,7H,6H2,1-2H3,(H,13,14). The Morgan fingerprint density at radius 3 is 2.56 bits per heavy atom. The van der Waals surface area contributed by atoms with Gasteiger partial charge in [-0.1, -0.05) is 11.6 Å². The highest BCUT2D eigenvalue weighted by atomic mass is 35.5. The molecule has 1 atom stereocenters. The molecule has 1 aromatic carbocycles. The van der Waals surface area contributed by atoms with E-state index in [1.54, 1.807) is 6.92 Å². The fourth-order valence-corrected chi connectivity index (χ4v) is 3.18. The summed E-state index contributed by atoms with van der Waals surface area (Å²) in [6.45, 7) is 1.63. The maximum atomic E-state index is 11.9. The Hall–Kier alpha value is -1.11. The molecule has 0 saturated heterocycles. The molecule has 100 valence electrons. The minimum Gasteiger partial charge on any atom is -0.478 e. The maximum Gasteiger partial charge on any atom is 0.337 e. The summed E-state index contributed by atoms with van der Waals surface area (Å²) in [5, 5.41) is 8.69. The summed E-state index contributed by atoms with van der Waals surface area (Å²) in [6, 6.07) is 3.55. The first-order valence-electron chi connectivity index (χ1n) is 5.06. The zero-order chi connectivity index (χ0) is 13.9. The van der Waals surface area contributed by atoms with Crippen molar-refractivity contribution >= 4 is 27.4 Å². The fraction of sp³-hybridized carbons (Fsp3) is 0.364. The predicted octanol–water partition coefficient (Wildman–Crippen LogP) is 1.85. The minimum absolute atomic E-state index is 0.0126. The Balaban J connectivity index is 3.12. The number of rotatable bonds is 5. The zero-order valence-electron chi connectivity index (χ0n) is 9.88. The molecule has 0 spiro atoms. The molecule has 0 aliphatic rings. The summed E-state index contributed by atoms with van der Waals surface area (Å²) < 4.78 is 28.8. The molecule has 0 bridgehead atoms. The van der Waals surface area contributed by atoms with Crippen LogP contribution < -0.4 is 0 Å². The molecular formula is C11H13ClO5S. The second kappa shape index (κ2) is 5.69. The fourth-order valence-electron chi connectivity index (χ4n) is 1.34. The van der Waals surface area contributed by atoms with E-state index >= 15 is 0 Å². The molecule has 0 amide bonds. The summed E-state index contributed by atoms with van der Waals surface area (Å²) in [7, 11) is -2.12. The van der Waals surface area contributed by atoms with Crippen LogP contribution in [0.4, 0.5) is 0 Å². The number of sulfone groups is 1. The molecule has 0 saturated carbocycles. The lowest BCUT2D eigenvalue weighted by Gasteiger charge is -2.10. The van der Waals surface area contributed by atoms with Crippen LogP contribution in [0.5, 0.6) is 0 Å². The van der Waals surface area contributed by atoms with Gasteiger partial charge in [0.05, 0.1) is 27.3 Å². The summed E-state index contributed by atoms with van der Waals surface area (Å²) in [5.41, 5.74) is -0.129. The Bertz CT molecular complexity index is 553. The number of carboxylic acid groups (broad SMARTS) is 1. The van der Waals surface area contributed by atoms with Gasteiger partial charge in [-0.3, -0.25) is 0 Å². The number of hydrogen-bond donors (Lipinski definition) is 1. The Morgan fingerprint density at radius 2 is 2.11 bits per heavy atom. The summed E-state index contributed by atoms with van der Waals surface area (Å²) in [5.74, 6) is -1.39. The van der Waals surface area contributed by atoms with Crippen LogP contribution >= 0.6 is 11.6 Å². The van der Waals surface area contributed by atoms with Gasteiger partial charge in [0.1, 0.15) is 0 Å². The molecular weight excluding hydrogens is 280 g/mol. The van der Waals surface area contributed by atoms with Crippen LogP contribution in [-0.4, -0.2) is 38.5 Å². The number of carboxylic acids is 1. The highest BCUT2D eigenvalue weighted by molar-refractivity contribution is 7.91. The van der Waals surface area contributed by atoms with Gasteiger partial charge in [-0.25, -0.2) is 13.2 Å². The number of benzene rings is 1. The van der Waals surface area contributed by atoms with Crippen molar-refractivity contribution < 1.29 is 23.1 Å². The quantitative estimate of drug-likeness (QED) is 0.896.